The van der Waals surface area contributed by atoms with Gasteiger partial charge in [-0.1, -0.05) is 11.8 Å². The molecule has 0 spiro atoms. The van der Waals surface area contributed by atoms with Crippen molar-refractivity contribution < 1.29 is 9.47 Å². The summed E-state index contributed by atoms with van der Waals surface area (Å²) >= 11 is 1.57. The first kappa shape index (κ1) is 14.0. The lowest BCUT2D eigenvalue weighted by molar-refractivity contribution is -0.113. The molecular weight excluding hydrogens is 268 g/mol. The molecule has 0 N–H and O–H groups in total. The van der Waals surface area contributed by atoms with E-state index < -0.39 is 0 Å². The van der Waals surface area contributed by atoms with Crippen molar-refractivity contribution in [3.8, 4) is 0 Å². The van der Waals surface area contributed by atoms with Crippen LogP contribution in [-0.4, -0.2) is 56.3 Å². The van der Waals surface area contributed by atoms with Gasteiger partial charge in [-0.2, -0.15) is 5.10 Å². The van der Waals surface area contributed by atoms with Gasteiger partial charge in [-0.15, -0.1) is 5.10 Å². The minimum atomic E-state index is -0.353. The Morgan fingerprint density at radius 1 is 1.37 bits per heavy atom. The van der Waals surface area contributed by atoms with Crippen LogP contribution in [0.3, 0.4) is 0 Å². The van der Waals surface area contributed by atoms with E-state index in [9.17, 15) is 0 Å². The molecule has 19 heavy (non-hydrogen) atoms. The average Bonchev–Trinajstić information content (AvgIpc) is 3.08. The molecular formula is C10H16N6O2S. The van der Waals surface area contributed by atoms with E-state index in [2.05, 4.69) is 20.6 Å². The Morgan fingerprint density at radius 3 is 2.89 bits per heavy atom. The van der Waals surface area contributed by atoms with Crippen molar-refractivity contribution in [3.63, 3.8) is 0 Å². The minimum Gasteiger partial charge on any atom is -0.354 e. The van der Waals surface area contributed by atoms with Gasteiger partial charge in [-0.05, 0) is 16.5 Å². The Morgan fingerprint density at radius 2 is 2.21 bits per heavy atom. The van der Waals surface area contributed by atoms with E-state index in [1.165, 1.54) is 0 Å². The average molecular weight is 284 g/mol. The van der Waals surface area contributed by atoms with E-state index in [0.717, 1.165) is 17.5 Å². The van der Waals surface area contributed by atoms with Crippen LogP contribution in [-0.2, 0) is 22.6 Å². The third-order valence-corrected chi connectivity index (χ3v) is 3.39. The molecule has 2 heterocycles. The molecule has 0 unspecified atom stereocenters. The van der Waals surface area contributed by atoms with Crippen LogP contribution in [0, 0.1) is 0 Å². The second kappa shape index (κ2) is 7.22. The fourth-order valence-corrected chi connectivity index (χ4v) is 2.28. The third-order valence-electron chi connectivity index (χ3n) is 2.46. The number of ether oxygens (including phenoxy) is 2. The Hall–Kier alpha value is -1.45. The van der Waals surface area contributed by atoms with Crippen molar-refractivity contribution in [3.05, 3.63) is 18.5 Å². The van der Waals surface area contributed by atoms with Crippen LogP contribution < -0.4 is 0 Å². The van der Waals surface area contributed by atoms with Gasteiger partial charge >= 0.3 is 0 Å². The molecule has 2 rings (SSSR count). The zero-order valence-electron chi connectivity index (χ0n) is 10.8. The van der Waals surface area contributed by atoms with Crippen LogP contribution in [0.1, 0.15) is 0 Å². The summed E-state index contributed by atoms with van der Waals surface area (Å²) in [5.41, 5.74) is 0. The number of tetrazole rings is 1. The number of rotatable bonds is 8. The molecule has 2 aromatic heterocycles. The van der Waals surface area contributed by atoms with E-state index in [-0.39, 0.29) is 6.29 Å². The van der Waals surface area contributed by atoms with E-state index in [1.54, 1.807) is 36.9 Å². The van der Waals surface area contributed by atoms with Crippen molar-refractivity contribution >= 4 is 11.8 Å². The molecule has 0 atom stereocenters. The summed E-state index contributed by atoms with van der Waals surface area (Å²) in [4.78, 5) is 0. The summed E-state index contributed by atoms with van der Waals surface area (Å²) in [6.07, 6.45) is 3.33. The lowest BCUT2D eigenvalue weighted by Gasteiger charge is -2.13. The first-order valence-electron chi connectivity index (χ1n) is 5.75. The second-order valence-corrected chi connectivity index (χ2v) is 4.72. The van der Waals surface area contributed by atoms with Gasteiger partial charge in [-0.25, -0.2) is 4.68 Å². The lowest BCUT2D eigenvalue weighted by Crippen LogP contribution is -2.22. The van der Waals surface area contributed by atoms with Crippen molar-refractivity contribution in [1.82, 2.24) is 30.0 Å². The smallest absolute Gasteiger partial charge is 0.209 e. The number of thioether (sulfide) groups is 1. The highest BCUT2D eigenvalue weighted by atomic mass is 32.2. The zero-order valence-corrected chi connectivity index (χ0v) is 11.7. The predicted molar refractivity (Wildman–Crippen MR) is 68.6 cm³/mol. The molecule has 0 amide bonds. The van der Waals surface area contributed by atoms with Crippen LogP contribution >= 0.6 is 11.8 Å². The maximum atomic E-state index is 5.13. The summed E-state index contributed by atoms with van der Waals surface area (Å²) in [6.45, 7) is 1.27. The first-order valence-corrected chi connectivity index (χ1v) is 6.74. The summed E-state index contributed by atoms with van der Waals surface area (Å²) < 4.78 is 13.8. The molecule has 0 saturated heterocycles. The van der Waals surface area contributed by atoms with E-state index in [1.807, 2.05) is 16.9 Å². The molecule has 8 nitrogen and oxygen atoms in total. The topological polar surface area (TPSA) is 79.9 Å². The summed E-state index contributed by atoms with van der Waals surface area (Å²) in [7, 11) is 3.17. The highest BCUT2D eigenvalue weighted by Crippen LogP contribution is 2.14. The van der Waals surface area contributed by atoms with Gasteiger partial charge < -0.3 is 9.47 Å². The number of aryl methyl sites for hydroxylation is 1. The number of methoxy groups -OCH3 is 2. The zero-order chi connectivity index (χ0) is 13.5. The SMILES string of the molecule is COC(Cn1nnnc1SCCn1cccn1)OC. The van der Waals surface area contributed by atoms with Crippen molar-refractivity contribution in [2.45, 2.75) is 24.5 Å². The molecule has 2 aromatic rings. The van der Waals surface area contributed by atoms with Crippen molar-refractivity contribution in [2.75, 3.05) is 20.0 Å². The van der Waals surface area contributed by atoms with Crippen LogP contribution in [0.15, 0.2) is 23.6 Å². The molecule has 0 aliphatic rings. The van der Waals surface area contributed by atoms with Crippen molar-refractivity contribution in [2.24, 2.45) is 0 Å². The monoisotopic (exact) mass is 284 g/mol. The van der Waals surface area contributed by atoms with Crippen LogP contribution in [0.25, 0.3) is 0 Å². The highest BCUT2D eigenvalue weighted by molar-refractivity contribution is 7.99. The number of hydrogen-bond donors (Lipinski definition) is 0. The van der Waals surface area contributed by atoms with Crippen LogP contribution in [0.5, 0.6) is 0 Å². The van der Waals surface area contributed by atoms with Gasteiger partial charge in [0, 0.05) is 32.4 Å². The molecule has 0 fully saturated rings. The normalized spacial score (nSPS) is 11.3. The Kier molecular flexibility index (Phi) is 5.31. The summed E-state index contributed by atoms with van der Waals surface area (Å²) in [5.74, 6) is 0.840. The van der Waals surface area contributed by atoms with E-state index >= 15 is 0 Å². The quantitative estimate of drug-likeness (QED) is 0.509. The largest absolute Gasteiger partial charge is 0.354 e. The number of nitrogens with zero attached hydrogens (tertiary/aromatic N) is 6. The Balaban J connectivity index is 1.85. The number of hydrogen-bond acceptors (Lipinski definition) is 7. The lowest BCUT2D eigenvalue weighted by atomic mass is 10.6. The second-order valence-electron chi connectivity index (χ2n) is 3.66. The maximum Gasteiger partial charge on any atom is 0.209 e. The van der Waals surface area contributed by atoms with Gasteiger partial charge in [0.25, 0.3) is 0 Å². The third kappa shape index (κ3) is 4.01. The summed E-state index contributed by atoms with van der Waals surface area (Å²) in [5, 5.41) is 16.4. The van der Waals surface area contributed by atoms with Gasteiger partial charge in [-0.3, -0.25) is 4.68 Å². The maximum absolute atomic E-state index is 5.13. The molecule has 0 aromatic carbocycles. The summed E-state index contributed by atoms with van der Waals surface area (Å²) in [6, 6.07) is 1.90. The molecule has 9 heteroatoms. The first-order chi connectivity index (χ1) is 9.33. The van der Waals surface area contributed by atoms with E-state index in [0.29, 0.717) is 6.54 Å². The van der Waals surface area contributed by atoms with Gasteiger partial charge in [0.1, 0.15) is 0 Å². The highest BCUT2D eigenvalue weighted by Gasteiger charge is 2.12. The van der Waals surface area contributed by atoms with Gasteiger partial charge in [0.15, 0.2) is 6.29 Å². The van der Waals surface area contributed by atoms with E-state index in [4.69, 9.17) is 9.47 Å². The van der Waals surface area contributed by atoms with Crippen molar-refractivity contribution in [1.29, 1.82) is 0 Å². The molecule has 0 radical (unpaired) electrons. The molecule has 0 bridgehead atoms. The number of aromatic nitrogens is 6. The fraction of sp³-hybridized carbons (Fsp3) is 0.600. The fourth-order valence-electron chi connectivity index (χ4n) is 1.46. The van der Waals surface area contributed by atoms with Gasteiger partial charge in [0.2, 0.25) is 5.16 Å². The van der Waals surface area contributed by atoms with Crippen LogP contribution in [0.4, 0.5) is 0 Å². The van der Waals surface area contributed by atoms with Crippen LogP contribution in [0.2, 0.25) is 0 Å². The minimum absolute atomic E-state index is 0.353. The Bertz CT molecular complexity index is 470. The molecule has 0 saturated carbocycles. The standard InChI is InChI=1S/C10H16N6O2S/c1-17-9(18-2)8-16-10(12-13-14-16)19-7-6-15-5-3-4-11-15/h3-5,9H,6-8H2,1-2H3. The Labute approximate surface area is 115 Å². The predicted octanol–water partition coefficient (Wildman–Crippen LogP) is 0.281. The molecule has 0 aliphatic heterocycles. The molecule has 0 aliphatic carbocycles. The molecule has 104 valence electrons. The van der Waals surface area contributed by atoms with Gasteiger partial charge in [0.05, 0.1) is 13.1 Å².